The minimum absolute atomic E-state index is 0. The predicted molar refractivity (Wildman–Crippen MR) is 47.5 cm³/mol. The van der Waals surface area contributed by atoms with Crippen molar-refractivity contribution in [2.45, 2.75) is 0 Å². The summed E-state index contributed by atoms with van der Waals surface area (Å²) in [5, 5.41) is 17.4. The van der Waals surface area contributed by atoms with Gasteiger partial charge in [-0.25, -0.2) is 0 Å². The first-order valence-corrected chi connectivity index (χ1v) is 3.32. The van der Waals surface area contributed by atoms with E-state index in [1.165, 1.54) is 0 Å². The molecule has 0 saturated carbocycles. The van der Waals surface area contributed by atoms with Gasteiger partial charge in [0.2, 0.25) is 0 Å². The second kappa shape index (κ2) is 5.57. The first kappa shape index (κ1) is 11.9. The van der Waals surface area contributed by atoms with Crippen LogP contribution in [0, 0.1) is 0 Å². The molecule has 0 aromatic heterocycles. The second-order valence-corrected chi connectivity index (χ2v) is 2.24. The molecule has 0 aliphatic rings. The molecule has 0 heterocycles. The molecule has 0 aliphatic carbocycles. The fourth-order valence-corrected chi connectivity index (χ4v) is 0.804. The molecule has 1 rings (SSSR count). The fourth-order valence-electron chi connectivity index (χ4n) is 0.804. The molecule has 0 radical (unpaired) electrons. The van der Waals surface area contributed by atoms with E-state index in [4.69, 9.17) is 10.0 Å². The Morgan fingerprint density at radius 3 is 2.08 bits per heavy atom. The monoisotopic (exact) mass is 172 g/mol. The molecule has 0 saturated heterocycles. The van der Waals surface area contributed by atoms with E-state index in [-0.39, 0.29) is 31.0 Å². The number of hydrogen-bond acceptors (Lipinski definition) is 2. The van der Waals surface area contributed by atoms with E-state index in [0.717, 1.165) is 5.56 Å². The van der Waals surface area contributed by atoms with Crippen LogP contribution < -0.4 is 35.0 Å². The SMILES string of the molecule is C=Cc1ccc(B(O)O)cc1.[H-].[Na+]. The van der Waals surface area contributed by atoms with Gasteiger partial charge in [0.05, 0.1) is 0 Å². The molecule has 0 unspecified atom stereocenters. The molecule has 0 bridgehead atoms. The van der Waals surface area contributed by atoms with Crippen LogP contribution in [0.3, 0.4) is 0 Å². The third-order valence-corrected chi connectivity index (χ3v) is 1.47. The van der Waals surface area contributed by atoms with Crippen LogP contribution in [0.1, 0.15) is 6.99 Å². The molecule has 0 atom stereocenters. The Bertz CT molecular complexity index is 251. The average molecular weight is 172 g/mol. The van der Waals surface area contributed by atoms with Crippen molar-refractivity contribution in [3.63, 3.8) is 0 Å². The zero-order valence-corrected chi connectivity index (χ0v) is 9.07. The molecule has 58 valence electrons. The topological polar surface area (TPSA) is 40.5 Å². The molecule has 0 amide bonds. The Kier molecular flexibility index (Phi) is 5.54. The molecule has 4 heteroatoms. The summed E-state index contributed by atoms with van der Waals surface area (Å²) in [7, 11) is -1.38. The Balaban J connectivity index is 0. The van der Waals surface area contributed by atoms with Crippen LogP contribution in [0.5, 0.6) is 0 Å². The summed E-state index contributed by atoms with van der Waals surface area (Å²) in [4.78, 5) is 0. The van der Waals surface area contributed by atoms with Gasteiger partial charge in [-0.2, -0.15) is 0 Å². The van der Waals surface area contributed by atoms with Crippen LogP contribution in [0.4, 0.5) is 0 Å². The molecule has 2 N–H and O–H groups in total. The second-order valence-electron chi connectivity index (χ2n) is 2.24. The quantitative estimate of drug-likeness (QED) is 0.470. The van der Waals surface area contributed by atoms with Crippen molar-refractivity contribution in [2.75, 3.05) is 0 Å². The van der Waals surface area contributed by atoms with Crippen molar-refractivity contribution in [1.29, 1.82) is 0 Å². The third kappa shape index (κ3) is 3.13. The largest absolute Gasteiger partial charge is 1.00 e. The maximum Gasteiger partial charge on any atom is 1.00 e. The van der Waals surface area contributed by atoms with E-state index >= 15 is 0 Å². The zero-order valence-electron chi connectivity index (χ0n) is 8.07. The van der Waals surface area contributed by atoms with Crippen LogP contribution in [-0.4, -0.2) is 17.2 Å². The van der Waals surface area contributed by atoms with Crippen LogP contribution in [0.15, 0.2) is 30.8 Å². The molecular weight excluding hydrogens is 162 g/mol. The third-order valence-electron chi connectivity index (χ3n) is 1.47. The Morgan fingerprint density at radius 2 is 1.75 bits per heavy atom. The van der Waals surface area contributed by atoms with Gasteiger partial charge in [0.15, 0.2) is 0 Å². The van der Waals surface area contributed by atoms with Crippen LogP contribution in [0.2, 0.25) is 0 Å². The van der Waals surface area contributed by atoms with Crippen LogP contribution >= 0.6 is 0 Å². The van der Waals surface area contributed by atoms with Crippen molar-refractivity contribution >= 4 is 18.7 Å². The maximum absolute atomic E-state index is 8.72. The van der Waals surface area contributed by atoms with Crippen molar-refractivity contribution in [3.05, 3.63) is 36.4 Å². The summed E-state index contributed by atoms with van der Waals surface area (Å²) in [5.41, 5.74) is 1.46. The molecule has 2 nitrogen and oxygen atoms in total. The van der Waals surface area contributed by atoms with Gasteiger partial charge in [-0.05, 0) is 11.0 Å². The number of rotatable bonds is 2. The minimum atomic E-state index is -1.38. The smallest absolute Gasteiger partial charge is 1.00 e. The summed E-state index contributed by atoms with van der Waals surface area (Å²) in [6, 6.07) is 6.87. The predicted octanol–water partition coefficient (Wildman–Crippen LogP) is -2.87. The Labute approximate surface area is 95.9 Å². The summed E-state index contributed by atoms with van der Waals surface area (Å²) in [6.45, 7) is 3.58. The number of hydrogen-bond donors (Lipinski definition) is 2. The molecular formula is C8H10BNaO2. The number of benzene rings is 1. The summed E-state index contributed by atoms with van der Waals surface area (Å²) in [6.07, 6.45) is 1.70. The first-order chi connectivity index (χ1) is 5.24. The summed E-state index contributed by atoms with van der Waals surface area (Å²) >= 11 is 0. The van der Waals surface area contributed by atoms with E-state index in [2.05, 4.69) is 6.58 Å². The molecule has 1 aromatic rings. The Hall–Kier alpha value is -0.0551. The summed E-state index contributed by atoms with van der Waals surface area (Å²) in [5.74, 6) is 0. The van der Waals surface area contributed by atoms with Gasteiger partial charge >= 0.3 is 36.7 Å². The van der Waals surface area contributed by atoms with E-state index in [9.17, 15) is 0 Å². The molecule has 12 heavy (non-hydrogen) atoms. The fraction of sp³-hybridized carbons (Fsp3) is 0. The zero-order chi connectivity index (χ0) is 8.27. The van der Waals surface area contributed by atoms with E-state index in [1.807, 2.05) is 0 Å². The van der Waals surface area contributed by atoms with Gasteiger partial charge in [-0.3, -0.25) is 0 Å². The van der Waals surface area contributed by atoms with Gasteiger partial charge in [-0.15, -0.1) is 0 Å². The van der Waals surface area contributed by atoms with Crippen molar-refractivity contribution in [1.82, 2.24) is 0 Å². The van der Waals surface area contributed by atoms with Gasteiger partial charge in [-0.1, -0.05) is 36.9 Å². The van der Waals surface area contributed by atoms with E-state index in [1.54, 1.807) is 30.3 Å². The minimum Gasteiger partial charge on any atom is -1.00 e. The van der Waals surface area contributed by atoms with Gasteiger partial charge in [0.1, 0.15) is 0 Å². The maximum atomic E-state index is 8.72. The standard InChI is InChI=1S/C8H9BO2.Na.H/c1-2-7-3-5-8(6-4-7)9(10)11;;/h2-6,10-11H,1H2;;/q;+1;-1. The van der Waals surface area contributed by atoms with Crippen LogP contribution in [-0.2, 0) is 0 Å². The molecule has 1 aromatic carbocycles. The van der Waals surface area contributed by atoms with Crippen LogP contribution in [0.25, 0.3) is 6.08 Å². The molecule has 0 fully saturated rings. The Morgan fingerprint density at radius 1 is 1.25 bits per heavy atom. The first-order valence-electron chi connectivity index (χ1n) is 3.32. The average Bonchev–Trinajstić information content (AvgIpc) is 2.05. The molecule has 0 aliphatic heterocycles. The molecule has 0 spiro atoms. The van der Waals surface area contributed by atoms with Gasteiger partial charge < -0.3 is 11.5 Å². The van der Waals surface area contributed by atoms with E-state index < -0.39 is 7.12 Å². The van der Waals surface area contributed by atoms with Crippen molar-refractivity contribution < 1.29 is 41.0 Å². The van der Waals surface area contributed by atoms with Crippen molar-refractivity contribution in [3.8, 4) is 0 Å². The van der Waals surface area contributed by atoms with E-state index in [0.29, 0.717) is 5.46 Å². The summed E-state index contributed by atoms with van der Waals surface area (Å²) < 4.78 is 0. The normalized spacial score (nSPS) is 8.50. The van der Waals surface area contributed by atoms with Gasteiger partial charge in [0.25, 0.3) is 0 Å². The van der Waals surface area contributed by atoms with Crippen molar-refractivity contribution in [2.24, 2.45) is 0 Å². The van der Waals surface area contributed by atoms with Gasteiger partial charge in [0, 0.05) is 0 Å².